The Bertz CT molecular complexity index is 685. The summed E-state index contributed by atoms with van der Waals surface area (Å²) in [4.78, 5) is 0.0887. The minimum atomic E-state index is -3.59. The number of nitrogens with one attached hydrogen (secondary N) is 1. The third kappa shape index (κ3) is 3.78. The van der Waals surface area contributed by atoms with Gasteiger partial charge in [0.15, 0.2) is 0 Å². The molecule has 0 bridgehead atoms. The maximum Gasteiger partial charge on any atom is 0.243 e. The predicted molar refractivity (Wildman–Crippen MR) is 70.3 cm³/mol. The minimum Gasteiger partial charge on any atom is -0.492 e. The molecule has 0 fully saturated rings. The van der Waals surface area contributed by atoms with Gasteiger partial charge in [0.1, 0.15) is 23.1 Å². The van der Waals surface area contributed by atoms with Crippen molar-refractivity contribution < 1.29 is 17.5 Å². The van der Waals surface area contributed by atoms with E-state index in [1.165, 1.54) is 35.3 Å². The highest BCUT2D eigenvalue weighted by Crippen LogP contribution is 2.11. The molecule has 0 unspecified atom stereocenters. The number of aromatic nitrogens is 2. The molecule has 0 spiro atoms. The zero-order valence-corrected chi connectivity index (χ0v) is 11.6. The fourth-order valence-corrected chi connectivity index (χ4v) is 2.52. The molecule has 2 aromatic rings. The summed E-state index contributed by atoms with van der Waals surface area (Å²) in [7, 11) is -1.96. The van der Waals surface area contributed by atoms with Crippen LogP contribution in [0.15, 0.2) is 41.6 Å². The van der Waals surface area contributed by atoms with Crippen LogP contribution in [-0.4, -0.2) is 31.3 Å². The van der Waals surface area contributed by atoms with Crippen molar-refractivity contribution in [1.82, 2.24) is 14.5 Å². The summed E-state index contributed by atoms with van der Waals surface area (Å²) in [6.07, 6.45) is 2.66. The van der Waals surface area contributed by atoms with E-state index in [0.29, 0.717) is 5.75 Å². The molecule has 1 aromatic heterocycles. The van der Waals surface area contributed by atoms with Crippen molar-refractivity contribution in [3.8, 4) is 5.75 Å². The van der Waals surface area contributed by atoms with Crippen molar-refractivity contribution in [2.75, 3.05) is 13.2 Å². The van der Waals surface area contributed by atoms with Crippen LogP contribution in [0.2, 0.25) is 0 Å². The normalized spacial score (nSPS) is 11.5. The monoisotopic (exact) mass is 299 g/mol. The number of sulfonamides is 1. The zero-order valence-electron chi connectivity index (χ0n) is 10.8. The predicted octanol–water partition coefficient (Wildman–Crippen LogP) is 0.916. The third-order valence-corrected chi connectivity index (χ3v) is 3.87. The molecule has 6 nitrogen and oxygen atoms in total. The Morgan fingerprint density at radius 2 is 2.25 bits per heavy atom. The number of benzene rings is 1. The molecular formula is C12H14FN3O3S. The van der Waals surface area contributed by atoms with Gasteiger partial charge in [-0.25, -0.2) is 17.5 Å². The Labute approximate surface area is 116 Å². The average Bonchev–Trinajstić information content (AvgIpc) is 2.82. The van der Waals surface area contributed by atoms with Gasteiger partial charge in [0.25, 0.3) is 0 Å². The molecule has 0 atom stereocenters. The first-order chi connectivity index (χ1) is 9.47. The molecule has 0 aliphatic heterocycles. The first kappa shape index (κ1) is 14.5. The lowest BCUT2D eigenvalue weighted by atomic mass is 10.3. The molecule has 108 valence electrons. The zero-order chi connectivity index (χ0) is 14.6. The summed E-state index contributed by atoms with van der Waals surface area (Å²) in [5.74, 6) is -0.0518. The third-order valence-electron chi connectivity index (χ3n) is 2.45. The average molecular weight is 299 g/mol. The first-order valence-electron chi connectivity index (χ1n) is 5.84. The second-order valence-electron chi connectivity index (χ2n) is 4.05. The molecule has 0 saturated heterocycles. The quantitative estimate of drug-likeness (QED) is 0.805. The Morgan fingerprint density at radius 3 is 2.90 bits per heavy atom. The molecule has 1 N–H and O–H groups in total. The van der Waals surface area contributed by atoms with Crippen LogP contribution in [0.4, 0.5) is 4.39 Å². The lowest BCUT2D eigenvalue weighted by Gasteiger charge is -2.07. The van der Waals surface area contributed by atoms with Gasteiger partial charge < -0.3 is 4.74 Å². The number of hydrogen-bond donors (Lipinski definition) is 1. The summed E-state index contributed by atoms with van der Waals surface area (Å²) in [5.41, 5.74) is 0. The molecule has 0 aliphatic rings. The number of halogens is 1. The lowest BCUT2D eigenvalue weighted by molar-refractivity contribution is 0.321. The Kier molecular flexibility index (Phi) is 4.35. The topological polar surface area (TPSA) is 73.2 Å². The van der Waals surface area contributed by atoms with Crippen LogP contribution < -0.4 is 9.46 Å². The van der Waals surface area contributed by atoms with E-state index in [1.807, 2.05) is 0 Å². The van der Waals surface area contributed by atoms with Crippen molar-refractivity contribution in [3.05, 3.63) is 42.5 Å². The molecule has 20 heavy (non-hydrogen) atoms. The van der Waals surface area contributed by atoms with E-state index < -0.39 is 15.8 Å². The molecule has 1 heterocycles. The summed E-state index contributed by atoms with van der Waals surface area (Å²) in [5, 5.41) is 3.79. The summed E-state index contributed by atoms with van der Waals surface area (Å²) >= 11 is 0. The van der Waals surface area contributed by atoms with E-state index in [1.54, 1.807) is 13.1 Å². The van der Waals surface area contributed by atoms with E-state index in [0.717, 1.165) is 0 Å². The molecule has 0 aliphatic carbocycles. The second-order valence-corrected chi connectivity index (χ2v) is 5.82. The van der Waals surface area contributed by atoms with E-state index in [4.69, 9.17) is 4.74 Å². The van der Waals surface area contributed by atoms with Crippen molar-refractivity contribution in [2.45, 2.75) is 4.90 Å². The maximum absolute atomic E-state index is 12.9. The van der Waals surface area contributed by atoms with Crippen molar-refractivity contribution in [2.24, 2.45) is 7.05 Å². The van der Waals surface area contributed by atoms with Crippen molar-refractivity contribution in [3.63, 3.8) is 0 Å². The van der Waals surface area contributed by atoms with Crippen molar-refractivity contribution >= 4 is 10.0 Å². The fraction of sp³-hybridized carbons (Fsp3) is 0.250. The smallest absolute Gasteiger partial charge is 0.243 e. The SMILES string of the molecule is Cn1cc(S(=O)(=O)NCCOc2cccc(F)c2)cn1. The molecule has 1 aromatic carbocycles. The van der Waals surface area contributed by atoms with E-state index in [9.17, 15) is 12.8 Å². The van der Waals surface area contributed by atoms with Gasteiger partial charge in [-0.1, -0.05) is 6.07 Å². The van der Waals surface area contributed by atoms with Crippen LogP contribution in [0.1, 0.15) is 0 Å². The first-order valence-corrected chi connectivity index (χ1v) is 7.32. The molecule has 8 heteroatoms. The molecule has 0 amide bonds. The van der Waals surface area contributed by atoms with Gasteiger partial charge >= 0.3 is 0 Å². The summed E-state index contributed by atoms with van der Waals surface area (Å²) in [6, 6.07) is 5.65. The van der Waals surface area contributed by atoms with Gasteiger partial charge in [-0.15, -0.1) is 0 Å². The minimum absolute atomic E-state index is 0.0771. The number of nitrogens with zero attached hydrogens (tertiary/aromatic N) is 2. The van der Waals surface area contributed by atoms with E-state index in [2.05, 4.69) is 9.82 Å². The van der Waals surface area contributed by atoms with E-state index >= 15 is 0 Å². The Hall–Kier alpha value is -1.93. The van der Waals surface area contributed by atoms with Gasteiger partial charge in [-0.2, -0.15) is 5.10 Å². The highest BCUT2D eigenvalue weighted by Gasteiger charge is 2.15. The number of aryl methyl sites for hydroxylation is 1. The van der Waals surface area contributed by atoms with Crippen LogP contribution in [0.5, 0.6) is 5.75 Å². The summed E-state index contributed by atoms with van der Waals surface area (Å²) in [6.45, 7) is 0.177. The van der Waals surface area contributed by atoms with Crippen LogP contribution in [0, 0.1) is 5.82 Å². The van der Waals surface area contributed by atoms with Gasteiger partial charge in [0, 0.05) is 25.9 Å². The standard InChI is InChI=1S/C12H14FN3O3S/c1-16-9-12(8-14-16)20(17,18)15-5-6-19-11-4-2-3-10(13)7-11/h2-4,7-9,15H,5-6H2,1H3. The Balaban J connectivity index is 1.84. The second kappa shape index (κ2) is 6.02. The van der Waals surface area contributed by atoms with E-state index in [-0.39, 0.29) is 18.0 Å². The van der Waals surface area contributed by atoms with Crippen LogP contribution in [0.3, 0.4) is 0 Å². The molecule has 2 rings (SSSR count). The van der Waals surface area contributed by atoms with Gasteiger partial charge in [-0.3, -0.25) is 4.68 Å². The number of ether oxygens (including phenoxy) is 1. The molecular weight excluding hydrogens is 285 g/mol. The fourth-order valence-electron chi connectivity index (χ4n) is 1.52. The Morgan fingerprint density at radius 1 is 1.45 bits per heavy atom. The largest absolute Gasteiger partial charge is 0.492 e. The van der Waals surface area contributed by atoms with Gasteiger partial charge in [0.05, 0.1) is 6.20 Å². The highest BCUT2D eigenvalue weighted by atomic mass is 32.2. The number of rotatable bonds is 6. The van der Waals surface area contributed by atoms with Crippen LogP contribution in [-0.2, 0) is 17.1 Å². The van der Waals surface area contributed by atoms with Crippen LogP contribution in [0.25, 0.3) is 0 Å². The number of hydrogen-bond acceptors (Lipinski definition) is 4. The lowest BCUT2D eigenvalue weighted by Crippen LogP contribution is -2.28. The molecule has 0 radical (unpaired) electrons. The molecule has 0 saturated carbocycles. The maximum atomic E-state index is 12.9. The summed E-state index contributed by atoms with van der Waals surface area (Å²) < 4.78 is 45.6. The highest BCUT2D eigenvalue weighted by molar-refractivity contribution is 7.89. The van der Waals surface area contributed by atoms with Crippen LogP contribution >= 0.6 is 0 Å². The van der Waals surface area contributed by atoms with Gasteiger partial charge in [0.2, 0.25) is 10.0 Å². The van der Waals surface area contributed by atoms with Gasteiger partial charge in [-0.05, 0) is 12.1 Å². The van der Waals surface area contributed by atoms with Crippen molar-refractivity contribution in [1.29, 1.82) is 0 Å².